The number of nitrogens with zero attached hydrogens (tertiary/aromatic N) is 1. The number of nitrogens with one attached hydrogen (secondary N) is 1. The van der Waals surface area contributed by atoms with E-state index in [0.717, 1.165) is 11.4 Å². The minimum Gasteiger partial charge on any atom is -0.379 e. The molecule has 0 aliphatic rings. The summed E-state index contributed by atoms with van der Waals surface area (Å²) < 4.78 is 23.3. The third-order valence-corrected chi connectivity index (χ3v) is 4.94. The average Bonchev–Trinajstić information content (AvgIpc) is 2.90. The number of benzene rings is 1. The first-order valence-corrected chi connectivity index (χ1v) is 8.15. The Morgan fingerprint density at radius 1 is 1.28 bits per heavy atom. The maximum absolute atomic E-state index is 11.6. The van der Waals surface area contributed by atoms with E-state index in [1.165, 1.54) is 0 Å². The predicted molar refractivity (Wildman–Crippen MR) is 73.6 cm³/mol. The van der Waals surface area contributed by atoms with E-state index in [1.807, 2.05) is 5.38 Å². The summed E-state index contributed by atoms with van der Waals surface area (Å²) in [5.41, 5.74) is 3.65. The van der Waals surface area contributed by atoms with Gasteiger partial charge in [-0.2, -0.15) is 0 Å². The molecule has 2 rings (SSSR count). The summed E-state index contributed by atoms with van der Waals surface area (Å²) in [5.74, 6) is 0.124. The van der Waals surface area contributed by atoms with Crippen LogP contribution in [0.4, 0.5) is 5.69 Å². The predicted octanol–water partition coefficient (Wildman–Crippen LogP) is 2.55. The number of sulfone groups is 1. The van der Waals surface area contributed by atoms with Gasteiger partial charge in [-0.15, -0.1) is 11.3 Å². The van der Waals surface area contributed by atoms with Gasteiger partial charge in [0.1, 0.15) is 0 Å². The number of hydrogen-bond acceptors (Lipinski definition) is 5. The minimum atomic E-state index is -3.11. The van der Waals surface area contributed by atoms with E-state index < -0.39 is 9.84 Å². The van der Waals surface area contributed by atoms with Crippen LogP contribution < -0.4 is 5.32 Å². The number of anilines is 1. The van der Waals surface area contributed by atoms with Crippen molar-refractivity contribution in [3.8, 4) is 0 Å². The Labute approximate surface area is 111 Å². The molecule has 0 saturated carbocycles. The van der Waals surface area contributed by atoms with E-state index >= 15 is 0 Å². The molecular formula is C12H14N2O2S2. The van der Waals surface area contributed by atoms with Gasteiger partial charge in [0.05, 0.1) is 28.4 Å². The Morgan fingerprint density at radius 2 is 2.00 bits per heavy atom. The number of rotatable bonds is 5. The summed E-state index contributed by atoms with van der Waals surface area (Å²) in [6.45, 7) is 2.28. The van der Waals surface area contributed by atoms with Crippen LogP contribution in [0.5, 0.6) is 0 Å². The van der Waals surface area contributed by atoms with Crippen molar-refractivity contribution in [2.75, 3.05) is 11.1 Å². The summed E-state index contributed by atoms with van der Waals surface area (Å²) in [4.78, 5) is 4.53. The van der Waals surface area contributed by atoms with Crippen LogP contribution in [0.25, 0.3) is 0 Å². The van der Waals surface area contributed by atoms with Crippen LogP contribution >= 0.6 is 11.3 Å². The van der Waals surface area contributed by atoms with Crippen molar-refractivity contribution in [3.63, 3.8) is 0 Å². The minimum absolute atomic E-state index is 0.124. The molecule has 18 heavy (non-hydrogen) atoms. The summed E-state index contributed by atoms with van der Waals surface area (Å²) >= 11 is 1.55. The van der Waals surface area contributed by atoms with Crippen molar-refractivity contribution in [2.45, 2.75) is 18.4 Å². The van der Waals surface area contributed by atoms with Crippen molar-refractivity contribution in [1.29, 1.82) is 0 Å². The lowest BCUT2D eigenvalue weighted by Gasteiger charge is -2.06. The van der Waals surface area contributed by atoms with Crippen molar-refractivity contribution in [3.05, 3.63) is 40.8 Å². The second kappa shape index (κ2) is 5.49. The maximum Gasteiger partial charge on any atom is 0.178 e. The highest BCUT2D eigenvalue weighted by molar-refractivity contribution is 7.91. The summed E-state index contributed by atoms with van der Waals surface area (Å²) in [6, 6.07) is 6.80. The first-order chi connectivity index (χ1) is 8.62. The lowest BCUT2D eigenvalue weighted by atomic mass is 10.3. The highest BCUT2D eigenvalue weighted by Gasteiger charge is 2.10. The lowest BCUT2D eigenvalue weighted by molar-refractivity contribution is 0.597. The third kappa shape index (κ3) is 3.08. The van der Waals surface area contributed by atoms with Crippen LogP contribution in [0.3, 0.4) is 0 Å². The third-order valence-electron chi connectivity index (χ3n) is 2.55. The van der Waals surface area contributed by atoms with E-state index in [-0.39, 0.29) is 5.75 Å². The molecule has 1 heterocycles. The van der Waals surface area contributed by atoms with Gasteiger partial charge >= 0.3 is 0 Å². The molecule has 0 saturated heterocycles. The van der Waals surface area contributed by atoms with Gasteiger partial charge in [0, 0.05) is 11.1 Å². The fraction of sp³-hybridized carbons (Fsp3) is 0.250. The van der Waals surface area contributed by atoms with Gasteiger partial charge in [-0.3, -0.25) is 0 Å². The Morgan fingerprint density at radius 3 is 2.56 bits per heavy atom. The molecule has 0 fully saturated rings. The molecule has 0 bridgehead atoms. The Bertz CT molecular complexity index is 590. The van der Waals surface area contributed by atoms with Crippen molar-refractivity contribution in [1.82, 2.24) is 4.98 Å². The number of aromatic nitrogens is 1. The zero-order valence-corrected chi connectivity index (χ0v) is 11.6. The topological polar surface area (TPSA) is 59.1 Å². The molecule has 0 aliphatic carbocycles. The fourth-order valence-corrected chi connectivity index (χ4v) is 2.91. The molecule has 0 amide bonds. The molecule has 6 heteroatoms. The van der Waals surface area contributed by atoms with E-state index in [9.17, 15) is 8.42 Å². The van der Waals surface area contributed by atoms with Gasteiger partial charge in [-0.05, 0) is 24.3 Å². The largest absolute Gasteiger partial charge is 0.379 e. The first kappa shape index (κ1) is 13.0. The Balaban J connectivity index is 2.04. The van der Waals surface area contributed by atoms with Gasteiger partial charge in [0.2, 0.25) is 0 Å². The smallest absolute Gasteiger partial charge is 0.178 e. The second-order valence-corrected chi connectivity index (χ2v) is 6.76. The van der Waals surface area contributed by atoms with Gasteiger partial charge in [0.15, 0.2) is 9.84 Å². The first-order valence-electron chi connectivity index (χ1n) is 5.55. The zero-order valence-electron chi connectivity index (χ0n) is 9.96. The zero-order chi connectivity index (χ0) is 13.0. The standard InChI is InChI=1S/C12H14N2O2S2/c1-2-18(15,16)12-5-3-10(4-6-12)13-7-11-8-17-9-14-11/h3-6,8-9,13H,2,7H2,1H3. The monoisotopic (exact) mass is 282 g/mol. The Kier molecular flexibility index (Phi) is 3.98. The SMILES string of the molecule is CCS(=O)(=O)c1ccc(NCc2cscn2)cc1. The van der Waals surface area contributed by atoms with Crippen LogP contribution in [0, 0.1) is 0 Å². The van der Waals surface area contributed by atoms with Gasteiger partial charge in [-0.1, -0.05) is 6.92 Å². The van der Waals surface area contributed by atoms with Gasteiger partial charge in [0.25, 0.3) is 0 Å². The van der Waals surface area contributed by atoms with E-state index in [4.69, 9.17) is 0 Å². The van der Waals surface area contributed by atoms with Gasteiger partial charge < -0.3 is 5.32 Å². The van der Waals surface area contributed by atoms with Crippen molar-refractivity contribution >= 4 is 26.9 Å². The van der Waals surface area contributed by atoms with E-state index in [2.05, 4.69) is 10.3 Å². The van der Waals surface area contributed by atoms with Crippen LogP contribution in [0.2, 0.25) is 0 Å². The normalized spacial score (nSPS) is 11.4. The van der Waals surface area contributed by atoms with Gasteiger partial charge in [-0.25, -0.2) is 13.4 Å². The van der Waals surface area contributed by atoms with Crippen molar-refractivity contribution < 1.29 is 8.42 Å². The van der Waals surface area contributed by atoms with Crippen LogP contribution in [0.15, 0.2) is 40.1 Å². The fourth-order valence-electron chi connectivity index (χ4n) is 1.46. The molecular weight excluding hydrogens is 268 g/mol. The molecule has 0 atom stereocenters. The quantitative estimate of drug-likeness (QED) is 0.915. The molecule has 0 spiro atoms. The van der Waals surface area contributed by atoms with Crippen LogP contribution in [-0.4, -0.2) is 19.2 Å². The Hall–Kier alpha value is -1.40. The van der Waals surface area contributed by atoms with Crippen molar-refractivity contribution in [2.24, 2.45) is 0 Å². The highest BCUT2D eigenvalue weighted by Crippen LogP contribution is 2.16. The van der Waals surface area contributed by atoms with E-state index in [1.54, 1.807) is 48.0 Å². The number of thiazole rings is 1. The second-order valence-electron chi connectivity index (χ2n) is 3.76. The van der Waals surface area contributed by atoms with Crippen LogP contribution in [0.1, 0.15) is 12.6 Å². The maximum atomic E-state index is 11.6. The molecule has 4 nitrogen and oxygen atoms in total. The van der Waals surface area contributed by atoms with E-state index in [0.29, 0.717) is 11.4 Å². The number of hydrogen-bond donors (Lipinski definition) is 1. The molecule has 1 aromatic carbocycles. The highest BCUT2D eigenvalue weighted by atomic mass is 32.2. The molecule has 1 aromatic heterocycles. The molecule has 0 radical (unpaired) electrons. The summed E-state index contributed by atoms with van der Waals surface area (Å²) in [6.07, 6.45) is 0. The average molecular weight is 282 g/mol. The molecule has 2 aromatic rings. The summed E-state index contributed by atoms with van der Waals surface area (Å²) in [5, 5.41) is 5.17. The summed E-state index contributed by atoms with van der Waals surface area (Å²) in [7, 11) is -3.11. The molecule has 0 unspecified atom stereocenters. The van der Waals surface area contributed by atoms with Crippen LogP contribution in [-0.2, 0) is 16.4 Å². The lowest BCUT2D eigenvalue weighted by Crippen LogP contribution is -2.04. The molecule has 1 N–H and O–H groups in total. The molecule has 96 valence electrons. The molecule has 0 aliphatic heterocycles.